The molecule has 13 rings (SSSR count). The lowest BCUT2D eigenvalue weighted by Crippen LogP contribution is -2.15. The summed E-state index contributed by atoms with van der Waals surface area (Å²) in [6.45, 7) is 15.6. The number of hydrogen-bond donors (Lipinski definition) is 0. The van der Waals surface area contributed by atoms with Gasteiger partial charge in [0.2, 0.25) is 0 Å². The molecule has 2 heterocycles. The number of furan rings is 2. The van der Waals surface area contributed by atoms with Gasteiger partial charge in [-0.2, -0.15) is 0 Å². The molecule has 9 aromatic carbocycles. The van der Waals surface area contributed by atoms with Crippen molar-refractivity contribution >= 4 is 49.5 Å². The van der Waals surface area contributed by atoms with Crippen LogP contribution in [0.1, 0.15) is 62.4 Å². The van der Waals surface area contributed by atoms with E-state index >= 15 is 0 Å². The van der Waals surface area contributed by atoms with Crippen molar-refractivity contribution in [3.8, 4) is 66.8 Å². The number of hydrogen-bond acceptors (Lipinski definition) is 2. The number of fused-ring (bicyclic) bond motifs is 12. The van der Waals surface area contributed by atoms with E-state index in [4.69, 9.17) is 8.83 Å². The van der Waals surface area contributed by atoms with Crippen LogP contribution < -0.4 is 0 Å². The predicted molar refractivity (Wildman–Crippen MR) is 291 cm³/mol. The van der Waals surface area contributed by atoms with E-state index in [0.717, 1.165) is 71.7 Å². The molecule has 0 unspecified atom stereocenters. The van der Waals surface area contributed by atoms with Crippen LogP contribution >= 0.6 is 0 Å². The third-order valence-corrected chi connectivity index (χ3v) is 15.4. The predicted octanol–water partition coefficient (Wildman–Crippen LogP) is 18.9. The van der Waals surface area contributed by atoms with Gasteiger partial charge < -0.3 is 8.83 Å². The summed E-state index contributed by atoms with van der Waals surface area (Å²) in [5, 5.41) is 4.32. The molecule has 0 fully saturated rings. The monoisotopic (exact) mass is 886 g/mol. The minimum absolute atomic E-state index is 0.153. The van der Waals surface area contributed by atoms with Crippen LogP contribution in [0.15, 0.2) is 216 Å². The molecule has 0 bridgehead atoms. The summed E-state index contributed by atoms with van der Waals surface area (Å²) < 4.78 is 13.8. The van der Waals surface area contributed by atoms with Crippen molar-refractivity contribution in [2.45, 2.75) is 45.4 Å². The van der Waals surface area contributed by atoms with Gasteiger partial charge in [-0.15, -0.1) is 0 Å². The van der Waals surface area contributed by atoms with Gasteiger partial charge in [-0.1, -0.05) is 180 Å². The highest BCUT2D eigenvalue weighted by Gasteiger charge is 2.37. The molecule has 2 heteroatoms. The summed E-state index contributed by atoms with van der Waals surface area (Å²) in [6.07, 6.45) is 8.20. The summed E-state index contributed by atoms with van der Waals surface area (Å²) in [7, 11) is 0. The van der Waals surface area contributed by atoms with Gasteiger partial charge in [0.15, 0.2) is 0 Å². The van der Waals surface area contributed by atoms with E-state index in [1.807, 2.05) is 13.0 Å². The van der Waals surface area contributed by atoms with Crippen LogP contribution in [-0.4, -0.2) is 0 Å². The maximum Gasteiger partial charge on any atom is 0.147 e. The lowest BCUT2D eigenvalue weighted by molar-refractivity contribution is 0.658. The first-order valence-corrected chi connectivity index (χ1v) is 24.1. The van der Waals surface area contributed by atoms with Gasteiger partial charge in [0.05, 0.1) is 5.56 Å². The van der Waals surface area contributed by atoms with Crippen LogP contribution in [0.25, 0.3) is 116 Å². The lowest BCUT2D eigenvalue weighted by Gasteiger charge is -2.22. The smallest absolute Gasteiger partial charge is 0.147 e. The van der Waals surface area contributed by atoms with Crippen molar-refractivity contribution in [1.82, 2.24) is 0 Å². The fourth-order valence-electron chi connectivity index (χ4n) is 11.7. The van der Waals surface area contributed by atoms with E-state index in [0.29, 0.717) is 0 Å². The molecular weight excluding hydrogens is 837 g/mol. The molecule has 0 saturated carbocycles. The molecule has 0 amide bonds. The Bertz CT molecular complexity index is 4010. The van der Waals surface area contributed by atoms with Gasteiger partial charge in [0.25, 0.3) is 0 Å². The molecule has 69 heavy (non-hydrogen) atoms. The minimum atomic E-state index is -0.180. The normalized spacial score (nSPS) is 14.5. The van der Waals surface area contributed by atoms with Crippen molar-refractivity contribution < 1.29 is 8.83 Å². The average Bonchev–Trinajstić information content (AvgIpc) is 4.07. The van der Waals surface area contributed by atoms with Crippen LogP contribution in [0, 0.1) is 0 Å². The highest BCUT2D eigenvalue weighted by Crippen LogP contribution is 2.53. The van der Waals surface area contributed by atoms with Gasteiger partial charge in [0.1, 0.15) is 22.3 Å². The van der Waals surface area contributed by atoms with Gasteiger partial charge in [-0.05, 0) is 156 Å². The van der Waals surface area contributed by atoms with Crippen molar-refractivity contribution in [2.75, 3.05) is 0 Å². The molecule has 11 aromatic rings. The zero-order valence-electron chi connectivity index (χ0n) is 39.6. The Morgan fingerprint density at radius 3 is 1.32 bits per heavy atom. The Morgan fingerprint density at radius 1 is 0.420 bits per heavy atom. The molecule has 2 aliphatic rings. The third kappa shape index (κ3) is 6.18. The third-order valence-electron chi connectivity index (χ3n) is 15.4. The SMILES string of the molecule is C=C/C(=C\C=C/C)c1ccc2c(c1)C(C)(C)c1cc(-c3ccc4oc5c(-c6ccccc6)c6oc7ccc(-c8ccc9c(c8)C(C)(C)c8cc(-c%10ccccc%10)ccc8-9)cc7c6cc5c4c3)ccc1-2. The maximum atomic E-state index is 6.89. The van der Waals surface area contributed by atoms with Crippen LogP contribution in [0.2, 0.25) is 0 Å². The Labute approximate surface area is 403 Å². The van der Waals surface area contributed by atoms with Crippen molar-refractivity contribution in [2.24, 2.45) is 0 Å². The summed E-state index contributed by atoms with van der Waals surface area (Å²) >= 11 is 0. The van der Waals surface area contributed by atoms with Crippen LogP contribution in [0.4, 0.5) is 0 Å². The first-order chi connectivity index (χ1) is 33.6. The van der Waals surface area contributed by atoms with Crippen LogP contribution in [-0.2, 0) is 10.8 Å². The molecule has 330 valence electrons. The van der Waals surface area contributed by atoms with Gasteiger partial charge in [-0.25, -0.2) is 0 Å². The van der Waals surface area contributed by atoms with Crippen molar-refractivity contribution in [1.29, 1.82) is 0 Å². The molecule has 2 aliphatic carbocycles. The fourth-order valence-corrected chi connectivity index (χ4v) is 11.7. The van der Waals surface area contributed by atoms with E-state index in [1.165, 1.54) is 72.3 Å². The standard InChI is InChI=1S/C67H50O2/c1-7-9-16-40(8-2)45-21-27-49-51-29-23-47(37-59(51)66(3,4)57(49)35-45)43-25-31-61-53(33-43)55-39-56-54-34-44(26-32-62(54)69-65(56)63(64(55)68-61)42-19-14-11-15-20-42)48-24-30-52-50-28-22-46(41-17-12-10-13-18-41)36-58(50)67(5,6)60(52)38-48/h7-39H,2H2,1,3-6H3/b9-7-,40-16+. The first kappa shape index (κ1) is 41.0. The largest absolute Gasteiger partial charge is 0.455 e. The summed E-state index contributed by atoms with van der Waals surface area (Å²) in [6, 6.07) is 64.8. The average molecular weight is 887 g/mol. The zero-order valence-corrected chi connectivity index (χ0v) is 39.6. The molecule has 2 nitrogen and oxygen atoms in total. The minimum Gasteiger partial charge on any atom is -0.455 e. The second-order valence-corrected chi connectivity index (χ2v) is 20.0. The summed E-state index contributed by atoms with van der Waals surface area (Å²) in [5.41, 5.74) is 25.2. The Morgan fingerprint density at radius 2 is 0.841 bits per heavy atom. The molecule has 0 radical (unpaired) electrons. The van der Waals surface area contributed by atoms with Crippen molar-refractivity contribution in [3.63, 3.8) is 0 Å². The van der Waals surface area contributed by atoms with E-state index in [9.17, 15) is 0 Å². The van der Waals surface area contributed by atoms with Gasteiger partial charge >= 0.3 is 0 Å². The molecule has 2 aromatic heterocycles. The highest BCUT2D eigenvalue weighted by atomic mass is 16.3. The quantitative estimate of drug-likeness (QED) is 0.149. The van der Waals surface area contributed by atoms with Crippen molar-refractivity contribution in [3.05, 3.63) is 235 Å². The van der Waals surface area contributed by atoms with Crippen LogP contribution in [0.3, 0.4) is 0 Å². The Hall–Kier alpha value is -8.20. The maximum absolute atomic E-state index is 6.89. The second-order valence-electron chi connectivity index (χ2n) is 20.0. The summed E-state index contributed by atoms with van der Waals surface area (Å²) in [4.78, 5) is 0. The van der Waals surface area contributed by atoms with E-state index in [2.05, 4.69) is 228 Å². The molecule has 0 N–H and O–H groups in total. The van der Waals surface area contributed by atoms with Gasteiger partial charge in [-0.3, -0.25) is 0 Å². The zero-order chi connectivity index (χ0) is 46.8. The lowest BCUT2D eigenvalue weighted by atomic mass is 9.80. The molecule has 0 saturated heterocycles. The fraction of sp³-hybridized carbons (Fsp3) is 0.104. The molecule has 0 spiro atoms. The molecule has 0 aliphatic heterocycles. The molecule has 0 atom stereocenters. The Balaban J connectivity index is 0.925. The van der Waals surface area contributed by atoms with Gasteiger partial charge in [0, 0.05) is 32.4 Å². The second kappa shape index (κ2) is 15.2. The number of rotatable bonds is 7. The van der Waals surface area contributed by atoms with E-state index < -0.39 is 0 Å². The number of allylic oxidation sites excluding steroid dienone is 5. The van der Waals surface area contributed by atoms with E-state index in [1.54, 1.807) is 0 Å². The van der Waals surface area contributed by atoms with E-state index in [-0.39, 0.29) is 10.8 Å². The Kier molecular flexibility index (Phi) is 9.01. The number of benzene rings is 9. The molecular formula is C67H50O2. The summed E-state index contributed by atoms with van der Waals surface area (Å²) in [5.74, 6) is 0. The first-order valence-electron chi connectivity index (χ1n) is 24.1. The topological polar surface area (TPSA) is 26.3 Å². The highest BCUT2D eigenvalue weighted by molar-refractivity contribution is 6.22. The van der Waals surface area contributed by atoms with Crippen LogP contribution in [0.5, 0.6) is 0 Å².